The topological polar surface area (TPSA) is 241 Å². The summed E-state index contributed by atoms with van der Waals surface area (Å²) in [4.78, 5) is 120. The molecule has 84 heavy (non-hydrogen) atoms. The predicted octanol–water partition coefficient (Wildman–Crippen LogP) is 7.35. The van der Waals surface area contributed by atoms with Gasteiger partial charge in [-0.3, -0.25) is 48.3 Å². The van der Waals surface area contributed by atoms with Crippen molar-refractivity contribution in [2.24, 2.45) is 0 Å². The van der Waals surface area contributed by atoms with Crippen LogP contribution in [-0.4, -0.2) is 118 Å². The minimum Gasteiger partial charge on any atom is -0.343 e. The molecule has 6 unspecified atom stereocenters. The van der Waals surface area contributed by atoms with Crippen LogP contribution in [0.15, 0.2) is 134 Å². The van der Waals surface area contributed by atoms with Crippen LogP contribution in [0.4, 0.5) is 20.2 Å². The number of rotatable bonds is 25. The van der Waals surface area contributed by atoms with Crippen molar-refractivity contribution in [3.8, 4) is 0 Å². The Labute approximate surface area is 487 Å². The minimum absolute atomic E-state index is 0.161. The van der Waals surface area contributed by atoms with Crippen LogP contribution in [0.2, 0.25) is 0 Å². The molecule has 8 rings (SSSR count). The summed E-state index contributed by atoms with van der Waals surface area (Å²) in [5.41, 5.74) is 5.12. The van der Waals surface area contributed by atoms with Gasteiger partial charge in [0.05, 0.1) is 24.2 Å². The van der Waals surface area contributed by atoms with Gasteiger partial charge >= 0.3 is 0 Å². The number of unbranched alkanes of at least 4 members (excludes halogenated alkanes) is 1. The molecule has 0 spiro atoms. The van der Waals surface area contributed by atoms with Crippen molar-refractivity contribution in [3.05, 3.63) is 190 Å². The Morgan fingerprint density at radius 2 is 0.881 bits per heavy atom. The standard InChI is InChI=1S/C64H70F2N10O8/c1-39(67-3)61(81)73-53(63(83)75-29-7-9-55(75)45-33-47(37-69-35-45)59(79)43-17-21-49(65)22-18-43)31-41-13-25-51(26-14-41)71-57(77)11-5-6-12-58(78)72-52-27-15-42(16-28-52)32-54(74-62(82)40(2)68-4)64(84)76-30-8-10-56(76)46-34-48(38-70-36-46)60(80)44-19-23-50(66)24-20-44/h13-28,33-40,53-56,67-68H,5-12,29-32H2,1-4H3,(H,71,77)(H,72,78)(H,73,81)(H,74,82). The third kappa shape index (κ3) is 16.0. The Morgan fingerprint density at radius 1 is 0.512 bits per heavy atom. The number of aromatic nitrogens is 2. The van der Waals surface area contributed by atoms with E-state index in [9.17, 15) is 47.1 Å². The molecule has 6 amide bonds. The van der Waals surface area contributed by atoms with Gasteiger partial charge in [-0.25, -0.2) is 8.78 Å². The molecule has 0 aliphatic carbocycles. The number of carbonyl (C=O) groups excluding carboxylic acids is 8. The number of hydrogen-bond donors (Lipinski definition) is 6. The second-order valence-corrected chi connectivity index (χ2v) is 21.3. The van der Waals surface area contributed by atoms with E-state index in [0.29, 0.717) is 96.4 Å². The molecule has 4 aromatic carbocycles. The van der Waals surface area contributed by atoms with Crippen LogP contribution < -0.4 is 31.9 Å². The van der Waals surface area contributed by atoms with Gasteiger partial charge in [0.1, 0.15) is 23.7 Å². The molecular formula is C64H70F2N10O8. The number of amides is 6. The highest BCUT2D eigenvalue weighted by molar-refractivity contribution is 6.09. The Balaban J connectivity index is 0.811. The number of pyridine rings is 2. The largest absolute Gasteiger partial charge is 0.343 e. The molecule has 18 nitrogen and oxygen atoms in total. The molecule has 0 saturated carbocycles. The molecule has 4 heterocycles. The van der Waals surface area contributed by atoms with Crippen LogP contribution in [0, 0.1) is 11.6 Å². The number of nitrogens with one attached hydrogen (secondary N) is 6. The number of carbonyl (C=O) groups is 8. The smallest absolute Gasteiger partial charge is 0.246 e. The second-order valence-electron chi connectivity index (χ2n) is 21.3. The molecule has 6 aromatic rings. The molecule has 2 fully saturated rings. The number of halogens is 2. The quantitative estimate of drug-likeness (QED) is 0.0244. The lowest BCUT2D eigenvalue weighted by molar-refractivity contribution is -0.137. The average molecular weight is 1150 g/mol. The number of likely N-dealkylation sites (N-methyl/N-ethyl adjacent to an activating group) is 2. The first-order valence-corrected chi connectivity index (χ1v) is 28.3. The summed E-state index contributed by atoms with van der Waals surface area (Å²) in [5, 5.41) is 17.5. The maximum absolute atomic E-state index is 14.4. The zero-order valence-corrected chi connectivity index (χ0v) is 47.5. The van der Waals surface area contributed by atoms with Crippen molar-refractivity contribution >= 4 is 58.4 Å². The first-order chi connectivity index (χ1) is 40.5. The van der Waals surface area contributed by atoms with Crippen molar-refractivity contribution in [1.29, 1.82) is 0 Å². The molecule has 2 aromatic heterocycles. The van der Waals surface area contributed by atoms with Gasteiger partial charge in [-0.05, 0) is 174 Å². The maximum atomic E-state index is 14.4. The predicted molar refractivity (Wildman–Crippen MR) is 312 cm³/mol. The number of likely N-dealkylation sites (tertiary alicyclic amines) is 2. The summed E-state index contributed by atoms with van der Waals surface area (Å²) >= 11 is 0. The van der Waals surface area contributed by atoms with E-state index in [1.165, 1.54) is 60.9 Å². The molecule has 2 aliphatic heterocycles. The fourth-order valence-electron chi connectivity index (χ4n) is 10.4. The van der Waals surface area contributed by atoms with Crippen molar-refractivity contribution in [2.75, 3.05) is 37.8 Å². The van der Waals surface area contributed by atoms with E-state index in [1.54, 1.807) is 111 Å². The van der Waals surface area contributed by atoms with Gasteiger partial charge in [0.25, 0.3) is 0 Å². The highest BCUT2D eigenvalue weighted by Gasteiger charge is 2.38. The molecule has 2 saturated heterocycles. The molecule has 20 heteroatoms. The molecule has 6 atom stereocenters. The Hall–Kier alpha value is -8.88. The van der Waals surface area contributed by atoms with Crippen LogP contribution in [0.25, 0.3) is 0 Å². The zero-order chi connectivity index (χ0) is 59.9. The van der Waals surface area contributed by atoms with Gasteiger partial charge in [0.2, 0.25) is 35.4 Å². The van der Waals surface area contributed by atoms with E-state index in [0.717, 1.165) is 11.1 Å². The normalized spacial score (nSPS) is 16.2. The summed E-state index contributed by atoms with van der Waals surface area (Å²) in [6.45, 7) is 4.25. The fraction of sp³-hybridized carbons (Fsp3) is 0.344. The fourth-order valence-corrected chi connectivity index (χ4v) is 10.4. The van der Waals surface area contributed by atoms with E-state index in [4.69, 9.17) is 0 Å². The first-order valence-electron chi connectivity index (χ1n) is 28.3. The number of hydrogen-bond acceptors (Lipinski definition) is 12. The lowest BCUT2D eigenvalue weighted by atomic mass is 9.99. The van der Waals surface area contributed by atoms with E-state index in [-0.39, 0.29) is 72.7 Å². The van der Waals surface area contributed by atoms with Crippen molar-refractivity contribution in [1.82, 2.24) is 41.0 Å². The van der Waals surface area contributed by atoms with Gasteiger partial charge in [-0.1, -0.05) is 24.3 Å². The van der Waals surface area contributed by atoms with Gasteiger partial charge in [-0.2, -0.15) is 0 Å². The zero-order valence-electron chi connectivity index (χ0n) is 47.5. The Bertz CT molecular complexity index is 3110. The summed E-state index contributed by atoms with van der Waals surface area (Å²) < 4.78 is 27.1. The maximum Gasteiger partial charge on any atom is 0.246 e. The summed E-state index contributed by atoms with van der Waals surface area (Å²) in [5.74, 6) is -3.35. The Morgan fingerprint density at radius 3 is 1.24 bits per heavy atom. The summed E-state index contributed by atoms with van der Waals surface area (Å²) in [7, 11) is 3.30. The van der Waals surface area contributed by atoms with E-state index < -0.39 is 47.9 Å². The number of nitrogens with zero attached hydrogens (tertiary/aromatic N) is 4. The van der Waals surface area contributed by atoms with Crippen LogP contribution in [0.1, 0.15) is 131 Å². The second kappa shape index (κ2) is 28.9. The molecule has 438 valence electrons. The number of ketones is 2. The van der Waals surface area contributed by atoms with Crippen LogP contribution in [0.3, 0.4) is 0 Å². The number of benzene rings is 4. The monoisotopic (exact) mass is 1140 g/mol. The van der Waals surface area contributed by atoms with Gasteiger partial charge in [0, 0.05) is 97.2 Å². The lowest BCUT2D eigenvalue weighted by Gasteiger charge is -2.30. The van der Waals surface area contributed by atoms with E-state index >= 15 is 0 Å². The van der Waals surface area contributed by atoms with Crippen LogP contribution >= 0.6 is 0 Å². The van der Waals surface area contributed by atoms with Crippen molar-refractivity contribution < 1.29 is 47.1 Å². The molecule has 6 N–H and O–H groups in total. The molecule has 2 aliphatic rings. The molecule has 0 radical (unpaired) electrons. The first kappa shape index (κ1) is 61.2. The summed E-state index contributed by atoms with van der Waals surface area (Å²) in [6, 6.07) is 24.2. The van der Waals surface area contributed by atoms with E-state index in [1.807, 2.05) is 0 Å². The molecule has 0 bridgehead atoms. The van der Waals surface area contributed by atoms with Gasteiger partial charge in [0.15, 0.2) is 11.6 Å². The minimum atomic E-state index is -0.936. The molecular weight excluding hydrogens is 1070 g/mol. The van der Waals surface area contributed by atoms with Crippen molar-refractivity contribution in [2.45, 2.75) is 114 Å². The Kier molecular flexibility index (Phi) is 21.0. The lowest BCUT2D eigenvalue weighted by Crippen LogP contribution is -2.53. The highest BCUT2D eigenvalue weighted by Crippen LogP contribution is 2.35. The van der Waals surface area contributed by atoms with Gasteiger partial charge in [-0.15, -0.1) is 0 Å². The average Bonchev–Trinajstić information content (AvgIpc) is 4.02. The van der Waals surface area contributed by atoms with Crippen molar-refractivity contribution in [3.63, 3.8) is 0 Å². The third-order valence-electron chi connectivity index (χ3n) is 15.4. The SMILES string of the molecule is CNC(C)C(=O)NC(Cc1ccc(NC(=O)CCCCC(=O)Nc2ccc(CC(NC(=O)C(C)NC)C(=O)N3CCCC3c3cncc(C(=O)c4ccc(F)cc4)c3)cc2)cc1)C(=O)N1CCCC1c1cncc(C(=O)c2ccc(F)cc2)c1. The number of anilines is 2. The third-order valence-corrected chi connectivity index (χ3v) is 15.4. The summed E-state index contributed by atoms with van der Waals surface area (Å²) in [6.07, 6.45) is 10.3. The highest BCUT2D eigenvalue weighted by atomic mass is 19.1. The van der Waals surface area contributed by atoms with Crippen LogP contribution in [0.5, 0.6) is 0 Å². The van der Waals surface area contributed by atoms with Crippen LogP contribution in [-0.2, 0) is 41.6 Å². The van der Waals surface area contributed by atoms with Gasteiger partial charge < -0.3 is 41.7 Å². The van der Waals surface area contributed by atoms with E-state index in [2.05, 4.69) is 41.9 Å².